The summed E-state index contributed by atoms with van der Waals surface area (Å²) in [5.41, 5.74) is 1.29. The first kappa shape index (κ1) is 14.5. The minimum atomic E-state index is 0.914. The van der Waals surface area contributed by atoms with Crippen molar-refractivity contribution >= 4 is 16.7 Å². The maximum absolute atomic E-state index is 4.61. The van der Waals surface area contributed by atoms with E-state index in [4.69, 9.17) is 0 Å². The molecule has 0 bridgehead atoms. The van der Waals surface area contributed by atoms with Crippen LogP contribution in [0, 0.1) is 0 Å². The van der Waals surface area contributed by atoms with Crippen LogP contribution in [0.3, 0.4) is 0 Å². The van der Waals surface area contributed by atoms with Gasteiger partial charge in [0.05, 0.1) is 6.20 Å². The number of nitrogens with zero attached hydrogens (tertiary/aromatic N) is 6. The van der Waals surface area contributed by atoms with E-state index in [1.807, 2.05) is 17.9 Å². The molecule has 0 saturated carbocycles. The molecule has 0 radical (unpaired) electrons. The third-order valence-corrected chi connectivity index (χ3v) is 4.61. The zero-order valence-electron chi connectivity index (χ0n) is 12.7. The molecular weight excluding hydrogens is 284 g/mol. The maximum atomic E-state index is 4.61. The van der Waals surface area contributed by atoms with E-state index in [2.05, 4.69) is 37.4 Å². The van der Waals surface area contributed by atoms with Crippen LogP contribution in [-0.4, -0.2) is 50.2 Å². The first-order chi connectivity index (χ1) is 10.2. The van der Waals surface area contributed by atoms with Crippen LogP contribution in [0.4, 0.5) is 5.13 Å². The largest absolute Gasteiger partial charge is 0.346 e. The van der Waals surface area contributed by atoms with Crippen molar-refractivity contribution in [3.8, 4) is 0 Å². The molecule has 1 saturated heterocycles. The quantitative estimate of drug-likeness (QED) is 0.858. The van der Waals surface area contributed by atoms with Crippen molar-refractivity contribution in [2.45, 2.75) is 26.3 Å². The minimum Gasteiger partial charge on any atom is -0.346 e. The van der Waals surface area contributed by atoms with Crippen LogP contribution in [0.15, 0.2) is 12.4 Å². The number of aryl methyl sites for hydroxylation is 2. The van der Waals surface area contributed by atoms with E-state index in [0.717, 1.165) is 50.1 Å². The molecule has 1 fully saturated rings. The van der Waals surface area contributed by atoms with Gasteiger partial charge in [0.2, 0.25) is 5.13 Å². The summed E-state index contributed by atoms with van der Waals surface area (Å²) in [4.78, 5) is 9.48. The van der Waals surface area contributed by atoms with Gasteiger partial charge in [-0.05, 0) is 6.42 Å². The summed E-state index contributed by atoms with van der Waals surface area (Å²) in [7, 11) is 1.97. The molecule has 2 aromatic heterocycles. The van der Waals surface area contributed by atoms with Crippen molar-refractivity contribution < 1.29 is 0 Å². The molecule has 3 heterocycles. The predicted molar refractivity (Wildman–Crippen MR) is 84.6 cm³/mol. The van der Waals surface area contributed by atoms with E-state index >= 15 is 0 Å². The molecule has 1 aliphatic heterocycles. The summed E-state index contributed by atoms with van der Waals surface area (Å²) in [5.74, 6) is 0.964. The molecular formula is C14H22N6S. The third-order valence-electron chi connectivity index (χ3n) is 3.80. The number of aromatic nitrogens is 4. The van der Waals surface area contributed by atoms with Gasteiger partial charge in [-0.25, -0.2) is 4.98 Å². The van der Waals surface area contributed by atoms with Crippen LogP contribution in [0.25, 0.3) is 0 Å². The second kappa shape index (κ2) is 6.53. The Balaban J connectivity index is 1.58. The smallest absolute Gasteiger partial charge is 0.205 e. The Morgan fingerprint density at radius 1 is 1.24 bits per heavy atom. The van der Waals surface area contributed by atoms with Crippen LogP contribution in [-0.2, 0) is 20.0 Å². The number of rotatable bonds is 4. The SMILES string of the molecule is CCc1nsc(N2CCCN(Cc3cnn(C)c3)CC2)n1. The first-order valence-electron chi connectivity index (χ1n) is 7.52. The fourth-order valence-corrected chi connectivity index (χ4v) is 3.45. The van der Waals surface area contributed by atoms with Crippen LogP contribution < -0.4 is 4.90 Å². The van der Waals surface area contributed by atoms with Gasteiger partial charge in [-0.2, -0.15) is 9.47 Å². The summed E-state index contributed by atoms with van der Waals surface area (Å²) in [6.45, 7) is 7.38. The fraction of sp³-hybridized carbons (Fsp3) is 0.643. The van der Waals surface area contributed by atoms with Crippen molar-refractivity contribution in [2.24, 2.45) is 7.05 Å². The summed E-state index contributed by atoms with van der Waals surface area (Å²) < 4.78 is 6.26. The third kappa shape index (κ3) is 3.59. The molecule has 0 N–H and O–H groups in total. The topological polar surface area (TPSA) is 50.1 Å². The molecule has 0 aliphatic carbocycles. The maximum Gasteiger partial charge on any atom is 0.205 e. The van der Waals surface area contributed by atoms with Gasteiger partial charge < -0.3 is 4.90 Å². The average molecular weight is 306 g/mol. The Morgan fingerprint density at radius 3 is 2.86 bits per heavy atom. The normalized spacial score (nSPS) is 17.1. The van der Waals surface area contributed by atoms with Crippen molar-refractivity contribution in [3.05, 3.63) is 23.8 Å². The van der Waals surface area contributed by atoms with E-state index in [1.165, 1.54) is 23.5 Å². The number of anilines is 1. The van der Waals surface area contributed by atoms with E-state index < -0.39 is 0 Å². The van der Waals surface area contributed by atoms with Gasteiger partial charge in [-0.15, -0.1) is 0 Å². The Morgan fingerprint density at radius 2 is 2.14 bits per heavy atom. The van der Waals surface area contributed by atoms with Gasteiger partial charge in [0, 0.05) is 69.5 Å². The lowest BCUT2D eigenvalue weighted by Crippen LogP contribution is -2.30. The van der Waals surface area contributed by atoms with Crippen molar-refractivity contribution in [3.63, 3.8) is 0 Å². The minimum absolute atomic E-state index is 0.914. The van der Waals surface area contributed by atoms with Gasteiger partial charge in [0.15, 0.2) is 0 Å². The highest BCUT2D eigenvalue weighted by Gasteiger charge is 2.18. The van der Waals surface area contributed by atoms with Gasteiger partial charge in [-0.1, -0.05) is 6.92 Å². The van der Waals surface area contributed by atoms with E-state index in [9.17, 15) is 0 Å². The average Bonchev–Trinajstić information content (AvgIpc) is 3.05. The lowest BCUT2D eigenvalue weighted by molar-refractivity contribution is 0.285. The fourth-order valence-electron chi connectivity index (χ4n) is 2.65. The Hall–Kier alpha value is -1.47. The van der Waals surface area contributed by atoms with E-state index in [0.29, 0.717) is 0 Å². The molecule has 0 amide bonds. The molecule has 0 atom stereocenters. The second-order valence-corrected chi connectivity index (χ2v) is 6.22. The molecule has 2 aromatic rings. The Kier molecular flexibility index (Phi) is 4.50. The molecule has 114 valence electrons. The summed E-state index contributed by atoms with van der Waals surface area (Å²) >= 11 is 1.53. The number of hydrogen-bond donors (Lipinski definition) is 0. The standard InChI is InChI=1S/C14H22N6S/c1-3-13-16-14(21-17-13)20-6-4-5-19(7-8-20)11-12-9-15-18(2)10-12/h9-10H,3-8,11H2,1-2H3. The molecule has 1 aliphatic rings. The zero-order valence-corrected chi connectivity index (χ0v) is 13.5. The zero-order chi connectivity index (χ0) is 14.7. The number of hydrogen-bond acceptors (Lipinski definition) is 6. The lowest BCUT2D eigenvalue weighted by atomic mass is 10.3. The molecule has 7 heteroatoms. The highest BCUT2D eigenvalue weighted by atomic mass is 32.1. The molecule has 0 aromatic carbocycles. The van der Waals surface area contributed by atoms with Crippen molar-refractivity contribution in [1.82, 2.24) is 24.0 Å². The van der Waals surface area contributed by atoms with Crippen LogP contribution in [0.1, 0.15) is 24.7 Å². The first-order valence-corrected chi connectivity index (χ1v) is 8.29. The lowest BCUT2D eigenvalue weighted by Gasteiger charge is -2.20. The predicted octanol–water partition coefficient (Wildman–Crippen LogP) is 1.55. The van der Waals surface area contributed by atoms with Crippen LogP contribution >= 0.6 is 11.5 Å². The highest BCUT2D eigenvalue weighted by molar-refractivity contribution is 7.09. The molecule has 0 unspecified atom stereocenters. The highest BCUT2D eigenvalue weighted by Crippen LogP contribution is 2.19. The summed E-state index contributed by atoms with van der Waals surface area (Å²) in [6, 6.07) is 0. The second-order valence-electron chi connectivity index (χ2n) is 5.49. The van der Waals surface area contributed by atoms with Gasteiger partial charge in [0.1, 0.15) is 5.82 Å². The summed E-state index contributed by atoms with van der Waals surface area (Å²) in [5, 5.41) is 5.32. The molecule has 0 spiro atoms. The molecule has 3 rings (SSSR count). The molecule has 21 heavy (non-hydrogen) atoms. The van der Waals surface area contributed by atoms with Gasteiger partial charge >= 0.3 is 0 Å². The Labute approximate surface area is 129 Å². The van der Waals surface area contributed by atoms with Crippen molar-refractivity contribution in [2.75, 3.05) is 31.1 Å². The van der Waals surface area contributed by atoms with Gasteiger partial charge in [-0.3, -0.25) is 9.58 Å². The molecule has 6 nitrogen and oxygen atoms in total. The summed E-state index contributed by atoms with van der Waals surface area (Å²) in [6.07, 6.45) is 6.14. The van der Waals surface area contributed by atoms with Crippen LogP contribution in [0.5, 0.6) is 0 Å². The van der Waals surface area contributed by atoms with E-state index in [1.54, 1.807) is 0 Å². The van der Waals surface area contributed by atoms with Crippen molar-refractivity contribution in [1.29, 1.82) is 0 Å². The van der Waals surface area contributed by atoms with Gasteiger partial charge in [0.25, 0.3) is 0 Å². The van der Waals surface area contributed by atoms with E-state index in [-0.39, 0.29) is 0 Å². The van der Waals surface area contributed by atoms with Crippen LogP contribution in [0.2, 0.25) is 0 Å². The Bertz CT molecular complexity index is 578. The monoisotopic (exact) mass is 306 g/mol.